The minimum Gasteiger partial charge on any atom is -0.336 e. The van der Waals surface area contributed by atoms with Crippen LogP contribution < -0.4 is 5.32 Å². The van der Waals surface area contributed by atoms with Gasteiger partial charge in [-0.3, -0.25) is 9.78 Å². The van der Waals surface area contributed by atoms with Crippen molar-refractivity contribution in [2.24, 2.45) is 0 Å². The van der Waals surface area contributed by atoms with E-state index in [4.69, 9.17) is 0 Å². The first-order chi connectivity index (χ1) is 6.79. The molecule has 0 saturated carbocycles. The Bertz CT molecular complexity index is 321. The maximum atomic E-state index is 11.8. The number of rotatable bonds is 2. The molecule has 2 heterocycles. The van der Waals surface area contributed by atoms with Crippen LogP contribution in [-0.2, 0) is 0 Å². The standard InChI is InChI=1S/C10H13N3O/c1-13(9-6-12-7-9)10(14)8-2-4-11-5-3-8/h2-5,9,12H,6-7H2,1H3. The number of hydrogen-bond acceptors (Lipinski definition) is 3. The van der Waals surface area contributed by atoms with Gasteiger partial charge >= 0.3 is 0 Å². The summed E-state index contributed by atoms with van der Waals surface area (Å²) in [5.74, 6) is 0.0684. The molecule has 1 aliphatic heterocycles. The summed E-state index contributed by atoms with van der Waals surface area (Å²) in [4.78, 5) is 17.5. The molecular formula is C10H13N3O. The van der Waals surface area contributed by atoms with Crippen molar-refractivity contribution in [1.29, 1.82) is 0 Å². The van der Waals surface area contributed by atoms with Crippen LogP contribution in [0.2, 0.25) is 0 Å². The van der Waals surface area contributed by atoms with Gasteiger partial charge in [-0.15, -0.1) is 0 Å². The molecule has 1 aliphatic rings. The molecule has 1 fully saturated rings. The summed E-state index contributed by atoms with van der Waals surface area (Å²) in [7, 11) is 1.84. The lowest BCUT2D eigenvalue weighted by atomic mass is 10.1. The second-order valence-electron chi connectivity index (χ2n) is 3.46. The van der Waals surface area contributed by atoms with Crippen molar-refractivity contribution in [1.82, 2.24) is 15.2 Å². The fourth-order valence-electron chi connectivity index (χ4n) is 1.41. The number of amides is 1. The summed E-state index contributed by atoms with van der Waals surface area (Å²) in [6.07, 6.45) is 3.28. The minimum atomic E-state index is 0.0684. The Balaban J connectivity index is 2.07. The third-order valence-electron chi connectivity index (χ3n) is 2.56. The number of aromatic nitrogens is 1. The molecule has 4 heteroatoms. The number of hydrogen-bond donors (Lipinski definition) is 1. The van der Waals surface area contributed by atoms with E-state index in [2.05, 4.69) is 10.3 Å². The number of carbonyl (C=O) groups excluding carboxylic acids is 1. The lowest BCUT2D eigenvalue weighted by molar-refractivity contribution is 0.0681. The van der Waals surface area contributed by atoms with Crippen LogP contribution in [0, 0.1) is 0 Å². The van der Waals surface area contributed by atoms with Crippen LogP contribution in [0.5, 0.6) is 0 Å². The van der Waals surface area contributed by atoms with Crippen LogP contribution in [0.25, 0.3) is 0 Å². The van der Waals surface area contributed by atoms with Gasteiger partial charge in [-0.05, 0) is 12.1 Å². The van der Waals surface area contributed by atoms with Gasteiger partial charge in [-0.1, -0.05) is 0 Å². The van der Waals surface area contributed by atoms with Crippen molar-refractivity contribution in [3.8, 4) is 0 Å². The van der Waals surface area contributed by atoms with E-state index in [1.165, 1.54) is 0 Å². The summed E-state index contributed by atoms with van der Waals surface area (Å²) in [5.41, 5.74) is 0.703. The SMILES string of the molecule is CN(C(=O)c1ccncc1)C1CNC1. The fourth-order valence-corrected chi connectivity index (χ4v) is 1.41. The summed E-state index contributed by atoms with van der Waals surface area (Å²) in [5, 5.41) is 3.14. The molecular weight excluding hydrogens is 178 g/mol. The van der Waals surface area contributed by atoms with E-state index < -0.39 is 0 Å². The highest BCUT2D eigenvalue weighted by Crippen LogP contribution is 2.08. The maximum absolute atomic E-state index is 11.8. The molecule has 74 valence electrons. The fraction of sp³-hybridized carbons (Fsp3) is 0.400. The van der Waals surface area contributed by atoms with Crippen LogP contribution in [0.15, 0.2) is 24.5 Å². The molecule has 1 saturated heterocycles. The van der Waals surface area contributed by atoms with Gasteiger partial charge in [0.2, 0.25) is 0 Å². The van der Waals surface area contributed by atoms with E-state index >= 15 is 0 Å². The highest BCUT2D eigenvalue weighted by molar-refractivity contribution is 5.94. The Labute approximate surface area is 82.9 Å². The van der Waals surface area contributed by atoms with Crippen LogP contribution in [0.3, 0.4) is 0 Å². The first-order valence-corrected chi connectivity index (χ1v) is 4.67. The average Bonchev–Trinajstić information content (AvgIpc) is 2.15. The zero-order valence-electron chi connectivity index (χ0n) is 8.10. The van der Waals surface area contributed by atoms with Crippen molar-refractivity contribution in [2.45, 2.75) is 6.04 Å². The third-order valence-corrected chi connectivity index (χ3v) is 2.56. The number of carbonyl (C=O) groups is 1. The Morgan fingerprint density at radius 1 is 1.50 bits per heavy atom. The number of nitrogens with zero attached hydrogens (tertiary/aromatic N) is 2. The van der Waals surface area contributed by atoms with E-state index in [1.54, 1.807) is 29.4 Å². The van der Waals surface area contributed by atoms with Gasteiger partial charge in [0.1, 0.15) is 0 Å². The summed E-state index contributed by atoms with van der Waals surface area (Å²) in [6.45, 7) is 1.79. The Morgan fingerprint density at radius 3 is 2.64 bits per heavy atom. The molecule has 1 N–H and O–H groups in total. The Kier molecular flexibility index (Phi) is 2.45. The summed E-state index contributed by atoms with van der Waals surface area (Å²) < 4.78 is 0. The van der Waals surface area contributed by atoms with Gasteiger partial charge in [-0.2, -0.15) is 0 Å². The first-order valence-electron chi connectivity index (χ1n) is 4.67. The average molecular weight is 191 g/mol. The first kappa shape index (κ1) is 9.15. The number of pyridine rings is 1. The molecule has 2 rings (SSSR count). The lowest BCUT2D eigenvalue weighted by Crippen LogP contribution is -2.57. The maximum Gasteiger partial charge on any atom is 0.254 e. The molecule has 0 atom stereocenters. The van der Waals surface area contributed by atoms with Gasteiger partial charge < -0.3 is 10.2 Å². The second kappa shape index (κ2) is 3.75. The summed E-state index contributed by atoms with van der Waals surface area (Å²) >= 11 is 0. The number of nitrogens with one attached hydrogen (secondary N) is 1. The van der Waals surface area contributed by atoms with E-state index in [0.29, 0.717) is 11.6 Å². The quantitative estimate of drug-likeness (QED) is 0.722. The monoisotopic (exact) mass is 191 g/mol. The van der Waals surface area contributed by atoms with Crippen molar-refractivity contribution in [2.75, 3.05) is 20.1 Å². The van der Waals surface area contributed by atoms with E-state index in [-0.39, 0.29) is 5.91 Å². The Hall–Kier alpha value is -1.42. The molecule has 0 unspecified atom stereocenters. The lowest BCUT2D eigenvalue weighted by Gasteiger charge is -2.35. The Morgan fingerprint density at radius 2 is 2.14 bits per heavy atom. The number of likely N-dealkylation sites (N-methyl/N-ethyl adjacent to an activating group) is 1. The largest absolute Gasteiger partial charge is 0.336 e. The van der Waals surface area contributed by atoms with Crippen LogP contribution in [0.1, 0.15) is 10.4 Å². The van der Waals surface area contributed by atoms with Crippen molar-refractivity contribution < 1.29 is 4.79 Å². The predicted octanol–water partition coefficient (Wildman–Crippen LogP) is 0.125. The van der Waals surface area contributed by atoms with Crippen LogP contribution >= 0.6 is 0 Å². The normalized spacial score (nSPS) is 16.1. The topological polar surface area (TPSA) is 45.2 Å². The van der Waals surface area contributed by atoms with Gasteiger partial charge in [0.05, 0.1) is 6.04 Å². The molecule has 1 aromatic rings. The minimum absolute atomic E-state index is 0.0684. The zero-order valence-corrected chi connectivity index (χ0v) is 8.10. The molecule has 4 nitrogen and oxygen atoms in total. The highest BCUT2D eigenvalue weighted by atomic mass is 16.2. The third kappa shape index (κ3) is 1.61. The molecule has 1 amide bonds. The van der Waals surface area contributed by atoms with Crippen molar-refractivity contribution in [3.05, 3.63) is 30.1 Å². The molecule has 0 aromatic carbocycles. The van der Waals surface area contributed by atoms with Gasteiger partial charge in [0.15, 0.2) is 0 Å². The van der Waals surface area contributed by atoms with Crippen molar-refractivity contribution >= 4 is 5.91 Å². The molecule has 0 radical (unpaired) electrons. The summed E-state index contributed by atoms with van der Waals surface area (Å²) in [6, 6.07) is 3.83. The van der Waals surface area contributed by atoms with Crippen molar-refractivity contribution in [3.63, 3.8) is 0 Å². The molecule has 0 bridgehead atoms. The van der Waals surface area contributed by atoms with E-state index in [0.717, 1.165) is 13.1 Å². The van der Waals surface area contributed by atoms with Crippen LogP contribution in [0.4, 0.5) is 0 Å². The zero-order chi connectivity index (χ0) is 9.97. The van der Waals surface area contributed by atoms with Gasteiger partial charge in [-0.25, -0.2) is 0 Å². The van der Waals surface area contributed by atoms with E-state index in [1.807, 2.05) is 7.05 Å². The molecule has 14 heavy (non-hydrogen) atoms. The molecule has 0 aliphatic carbocycles. The molecule has 1 aromatic heterocycles. The van der Waals surface area contributed by atoms with Gasteiger partial charge in [0, 0.05) is 38.1 Å². The second-order valence-corrected chi connectivity index (χ2v) is 3.46. The van der Waals surface area contributed by atoms with Gasteiger partial charge in [0.25, 0.3) is 5.91 Å². The smallest absolute Gasteiger partial charge is 0.254 e. The van der Waals surface area contributed by atoms with E-state index in [9.17, 15) is 4.79 Å². The highest BCUT2D eigenvalue weighted by Gasteiger charge is 2.25. The predicted molar refractivity (Wildman–Crippen MR) is 53.0 cm³/mol. The van der Waals surface area contributed by atoms with Crippen LogP contribution in [-0.4, -0.2) is 42.0 Å². The molecule has 0 spiro atoms.